The molecule has 1 N–H and O–H groups in total. The molecule has 18 heavy (non-hydrogen) atoms. The molecule has 0 aromatic carbocycles. The van der Waals surface area contributed by atoms with Crippen LogP contribution in [-0.4, -0.2) is 24.9 Å². The molecule has 2 rings (SSSR count). The summed E-state index contributed by atoms with van der Waals surface area (Å²) < 4.78 is 3.97. The first kappa shape index (κ1) is 12.8. The largest absolute Gasteiger partial charge is 0.329 e. The van der Waals surface area contributed by atoms with Crippen molar-refractivity contribution in [1.82, 2.24) is 24.6 Å². The van der Waals surface area contributed by atoms with Crippen LogP contribution in [0.25, 0.3) is 0 Å². The van der Waals surface area contributed by atoms with Crippen LogP contribution in [-0.2, 0) is 20.1 Å². The molecule has 0 fully saturated rings. The fraction of sp³-hybridized carbons (Fsp3) is 0.538. The van der Waals surface area contributed by atoms with Gasteiger partial charge < -0.3 is 9.88 Å². The minimum absolute atomic E-state index is 0.102. The highest BCUT2D eigenvalue weighted by Gasteiger charge is 2.11. The summed E-state index contributed by atoms with van der Waals surface area (Å²) in [5.41, 5.74) is 1.29. The number of nitrogens with one attached hydrogen (secondary N) is 1. The van der Waals surface area contributed by atoms with Crippen LogP contribution in [0.3, 0.4) is 0 Å². The highest BCUT2D eigenvalue weighted by Crippen LogP contribution is 2.06. The summed E-state index contributed by atoms with van der Waals surface area (Å²) >= 11 is 0. The van der Waals surface area contributed by atoms with Crippen LogP contribution in [0.4, 0.5) is 0 Å². The van der Waals surface area contributed by atoms with Crippen molar-refractivity contribution in [2.24, 2.45) is 7.05 Å². The Bertz CT molecular complexity index is 503. The first-order chi connectivity index (χ1) is 8.44. The second-order valence-corrected chi connectivity index (χ2v) is 5.60. The molecule has 2 heterocycles. The number of hydrogen-bond donors (Lipinski definition) is 1. The summed E-state index contributed by atoms with van der Waals surface area (Å²) in [4.78, 5) is 4.40. The lowest BCUT2D eigenvalue weighted by atomic mass is 10.1. The van der Waals surface area contributed by atoms with Crippen molar-refractivity contribution < 1.29 is 0 Å². The van der Waals surface area contributed by atoms with Gasteiger partial charge >= 0.3 is 0 Å². The minimum Gasteiger partial charge on any atom is -0.329 e. The predicted molar refractivity (Wildman–Crippen MR) is 71.1 cm³/mol. The molecule has 0 aliphatic rings. The topological polar surface area (TPSA) is 47.7 Å². The summed E-state index contributed by atoms with van der Waals surface area (Å²) in [5, 5.41) is 7.63. The summed E-state index contributed by atoms with van der Waals surface area (Å²) in [6.45, 7) is 8.05. The molecule has 0 spiro atoms. The van der Waals surface area contributed by atoms with Crippen molar-refractivity contribution in [2.45, 2.75) is 39.4 Å². The molecule has 0 atom stereocenters. The van der Waals surface area contributed by atoms with Gasteiger partial charge in [-0.15, -0.1) is 0 Å². The summed E-state index contributed by atoms with van der Waals surface area (Å²) in [5.74, 6) is 1.05. The molecule has 0 aliphatic heterocycles. The number of imidazole rings is 1. The molecule has 98 valence electrons. The lowest BCUT2D eigenvalue weighted by Gasteiger charge is -2.20. The van der Waals surface area contributed by atoms with Crippen LogP contribution in [0.15, 0.2) is 24.8 Å². The lowest BCUT2D eigenvalue weighted by molar-refractivity contribution is 0.413. The molecule has 5 heteroatoms. The highest BCUT2D eigenvalue weighted by molar-refractivity contribution is 5.07. The number of hydrogen-bond acceptors (Lipinski definition) is 3. The monoisotopic (exact) mass is 247 g/mol. The third-order valence-corrected chi connectivity index (χ3v) is 2.69. The van der Waals surface area contributed by atoms with E-state index in [1.165, 1.54) is 5.56 Å². The quantitative estimate of drug-likeness (QED) is 0.891. The van der Waals surface area contributed by atoms with Crippen molar-refractivity contribution >= 4 is 0 Å². The van der Waals surface area contributed by atoms with Crippen molar-refractivity contribution in [3.63, 3.8) is 0 Å². The predicted octanol–water partition coefficient (Wildman–Crippen LogP) is 1.55. The molecule has 2 aromatic rings. The molecule has 0 radical (unpaired) electrons. The maximum absolute atomic E-state index is 4.40. The van der Waals surface area contributed by atoms with Gasteiger partial charge in [-0.05, 0) is 20.8 Å². The Morgan fingerprint density at radius 1 is 1.33 bits per heavy atom. The van der Waals surface area contributed by atoms with Gasteiger partial charge in [0.2, 0.25) is 0 Å². The van der Waals surface area contributed by atoms with Gasteiger partial charge in [-0.3, -0.25) is 4.68 Å². The van der Waals surface area contributed by atoms with E-state index in [9.17, 15) is 0 Å². The third-order valence-electron chi connectivity index (χ3n) is 2.69. The Labute approximate surface area is 108 Å². The van der Waals surface area contributed by atoms with Gasteiger partial charge in [0.1, 0.15) is 5.82 Å². The zero-order valence-corrected chi connectivity index (χ0v) is 11.5. The van der Waals surface area contributed by atoms with E-state index < -0.39 is 0 Å². The van der Waals surface area contributed by atoms with Crippen LogP contribution < -0.4 is 5.32 Å². The highest BCUT2D eigenvalue weighted by atomic mass is 15.2. The van der Waals surface area contributed by atoms with Gasteiger partial charge in [-0.1, -0.05) is 0 Å². The molecule has 0 unspecified atom stereocenters. The van der Waals surface area contributed by atoms with E-state index >= 15 is 0 Å². The fourth-order valence-corrected chi connectivity index (χ4v) is 1.75. The maximum Gasteiger partial charge on any atom is 0.122 e. The molecule has 5 nitrogen and oxygen atoms in total. The van der Waals surface area contributed by atoms with Gasteiger partial charge in [0.25, 0.3) is 0 Å². The van der Waals surface area contributed by atoms with Gasteiger partial charge in [0, 0.05) is 36.7 Å². The van der Waals surface area contributed by atoms with Crippen LogP contribution in [0.1, 0.15) is 32.2 Å². The van der Waals surface area contributed by atoms with E-state index in [1.54, 1.807) is 0 Å². The second kappa shape index (κ2) is 4.94. The maximum atomic E-state index is 4.40. The molecular formula is C13H21N5. The van der Waals surface area contributed by atoms with E-state index in [0.717, 1.165) is 18.9 Å². The summed E-state index contributed by atoms with van der Waals surface area (Å²) in [6, 6.07) is 0. The van der Waals surface area contributed by atoms with E-state index in [4.69, 9.17) is 0 Å². The molecule has 0 saturated carbocycles. The van der Waals surface area contributed by atoms with Crippen molar-refractivity contribution in [3.05, 3.63) is 36.2 Å². The summed E-state index contributed by atoms with van der Waals surface area (Å²) in [6.07, 6.45) is 7.77. The Morgan fingerprint density at radius 3 is 2.72 bits per heavy atom. The van der Waals surface area contributed by atoms with Gasteiger partial charge in [-0.2, -0.15) is 5.10 Å². The Kier molecular flexibility index (Phi) is 3.52. The number of aryl methyl sites for hydroxylation is 1. The summed E-state index contributed by atoms with van der Waals surface area (Å²) in [7, 11) is 1.93. The SMILES string of the molecule is Cn1cc(Cn2ccnc2CNC(C)(C)C)cn1. The molecule has 2 aromatic heterocycles. The molecular weight excluding hydrogens is 226 g/mol. The smallest absolute Gasteiger partial charge is 0.122 e. The number of aromatic nitrogens is 4. The van der Waals surface area contributed by atoms with Crippen LogP contribution in [0.2, 0.25) is 0 Å². The second-order valence-electron chi connectivity index (χ2n) is 5.60. The van der Waals surface area contributed by atoms with Gasteiger partial charge in [0.05, 0.1) is 19.3 Å². The number of nitrogens with zero attached hydrogens (tertiary/aromatic N) is 4. The molecule has 0 aliphatic carbocycles. The molecule has 0 amide bonds. The fourth-order valence-electron chi connectivity index (χ4n) is 1.75. The van der Waals surface area contributed by atoms with Crippen LogP contribution in [0.5, 0.6) is 0 Å². The van der Waals surface area contributed by atoms with Crippen LogP contribution in [0, 0.1) is 0 Å². The molecule has 0 saturated heterocycles. The zero-order chi connectivity index (χ0) is 13.2. The average molecular weight is 247 g/mol. The van der Waals surface area contributed by atoms with Gasteiger partial charge in [-0.25, -0.2) is 4.98 Å². The zero-order valence-electron chi connectivity index (χ0n) is 11.5. The third kappa shape index (κ3) is 3.43. The van der Waals surface area contributed by atoms with Gasteiger partial charge in [0.15, 0.2) is 0 Å². The van der Waals surface area contributed by atoms with Crippen molar-refractivity contribution in [2.75, 3.05) is 0 Å². The van der Waals surface area contributed by atoms with E-state index in [1.807, 2.05) is 36.5 Å². The van der Waals surface area contributed by atoms with E-state index in [-0.39, 0.29) is 5.54 Å². The van der Waals surface area contributed by atoms with Crippen LogP contribution >= 0.6 is 0 Å². The van der Waals surface area contributed by atoms with E-state index in [2.05, 4.69) is 40.7 Å². The molecule has 0 bridgehead atoms. The standard InChI is InChI=1S/C13H21N5/c1-13(2,3)15-8-12-14-5-6-18(12)10-11-7-16-17(4)9-11/h5-7,9,15H,8,10H2,1-4H3. The Morgan fingerprint density at radius 2 is 2.11 bits per heavy atom. The normalized spacial score (nSPS) is 12.0. The van der Waals surface area contributed by atoms with Crippen molar-refractivity contribution in [1.29, 1.82) is 0 Å². The van der Waals surface area contributed by atoms with Crippen molar-refractivity contribution in [3.8, 4) is 0 Å². The Hall–Kier alpha value is -1.62. The first-order valence-corrected chi connectivity index (χ1v) is 6.16. The first-order valence-electron chi connectivity index (χ1n) is 6.16. The lowest BCUT2D eigenvalue weighted by Crippen LogP contribution is -2.35. The van der Waals surface area contributed by atoms with E-state index in [0.29, 0.717) is 0 Å². The number of rotatable bonds is 4. The average Bonchev–Trinajstić information content (AvgIpc) is 2.85. The minimum atomic E-state index is 0.102. The Balaban J connectivity index is 2.03.